The van der Waals surface area contributed by atoms with Crippen LogP contribution in [0.2, 0.25) is 0 Å². The lowest BCUT2D eigenvalue weighted by atomic mass is 10.2. The quantitative estimate of drug-likeness (QED) is 0.908. The van der Waals surface area contributed by atoms with Crippen LogP contribution in [0.1, 0.15) is 6.42 Å². The van der Waals surface area contributed by atoms with Gasteiger partial charge in [-0.1, -0.05) is 15.9 Å². The van der Waals surface area contributed by atoms with E-state index in [1.54, 1.807) is 0 Å². The van der Waals surface area contributed by atoms with Gasteiger partial charge in [0.25, 0.3) is 0 Å². The molecule has 0 saturated heterocycles. The number of carboxylic acid groups (broad SMARTS) is 1. The van der Waals surface area contributed by atoms with E-state index in [-0.39, 0.29) is 12.2 Å². The third-order valence-corrected chi connectivity index (χ3v) is 2.30. The van der Waals surface area contributed by atoms with Crippen molar-refractivity contribution in [3.05, 3.63) is 28.5 Å². The molecule has 1 N–H and O–H groups in total. The van der Waals surface area contributed by atoms with Crippen LogP contribution >= 0.6 is 15.9 Å². The summed E-state index contributed by atoms with van der Waals surface area (Å²) in [5.41, 5.74) is 0. The summed E-state index contributed by atoms with van der Waals surface area (Å²) in [7, 11) is 0. The van der Waals surface area contributed by atoms with Crippen molar-refractivity contribution in [2.75, 3.05) is 6.67 Å². The highest BCUT2D eigenvalue weighted by Gasteiger charge is 2.20. The van der Waals surface area contributed by atoms with Crippen molar-refractivity contribution >= 4 is 21.9 Å². The third-order valence-electron chi connectivity index (χ3n) is 1.81. The van der Waals surface area contributed by atoms with Crippen LogP contribution in [-0.4, -0.2) is 23.9 Å². The first-order valence-electron chi connectivity index (χ1n) is 4.45. The lowest BCUT2D eigenvalue weighted by molar-refractivity contribution is -0.145. The van der Waals surface area contributed by atoms with Crippen LogP contribution in [0.3, 0.4) is 0 Å². The minimum atomic E-state index is -1.37. The maximum atomic E-state index is 13.3. The summed E-state index contributed by atoms with van der Waals surface area (Å²) in [6.07, 6.45) is -1.69. The van der Waals surface area contributed by atoms with Crippen LogP contribution in [0.25, 0.3) is 0 Å². The number of rotatable bonds is 5. The molecular formula is C10H9BrF2O3. The number of ether oxygens (including phenoxy) is 1. The Kier molecular flexibility index (Phi) is 4.67. The second kappa shape index (κ2) is 5.79. The van der Waals surface area contributed by atoms with Crippen molar-refractivity contribution in [2.24, 2.45) is 0 Å². The molecule has 0 radical (unpaired) electrons. The van der Waals surface area contributed by atoms with Gasteiger partial charge in [0.1, 0.15) is 0 Å². The number of alkyl halides is 1. The number of benzene rings is 1. The Balaban J connectivity index is 2.81. The molecule has 0 spiro atoms. The summed E-state index contributed by atoms with van der Waals surface area (Å²) in [6.45, 7) is -0.838. The smallest absolute Gasteiger partial charge is 0.344 e. The zero-order valence-electron chi connectivity index (χ0n) is 8.12. The predicted molar refractivity (Wildman–Crippen MR) is 56.7 cm³/mol. The molecule has 1 aromatic carbocycles. The maximum absolute atomic E-state index is 13.3. The fourth-order valence-electron chi connectivity index (χ4n) is 1.06. The molecule has 0 aliphatic heterocycles. The van der Waals surface area contributed by atoms with E-state index in [0.29, 0.717) is 4.47 Å². The highest BCUT2D eigenvalue weighted by Crippen LogP contribution is 2.23. The number of aliphatic carboxylic acids is 1. The molecule has 1 unspecified atom stereocenters. The Bertz CT molecular complexity index is 384. The Labute approximate surface area is 99.2 Å². The number of hydrogen-bond donors (Lipinski definition) is 1. The van der Waals surface area contributed by atoms with Crippen molar-refractivity contribution in [2.45, 2.75) is 12.5 Å². The lowest BCUT2D eigenvalue weighted by Gasteiger charge is -2.14. The molecule has 0 aromatic heterocycles. The summed E-state index contributed by atoms with van der Waals surface area (Å²) in [5.74, 6) is -2.22. The summed E-state index contributed by atoms with van der Waals surface area (Å²) >= 11 is 3.05. The van der Waals surface area contributed by atoms with Crippen molar-refractivity contribution in [3.63, 3.8) is 0 Å². The molecule has 0 amide bonds. The molecular weight excluding hydrogens is 286 g/mol. The molecule has 0 aliphatic rings. The van der Waals surface area contributed by atoms with Crippen LogP contribution in [0, 0.1) is 5.82 Å². The second-order valence-corrected chi connectivity index (χ2v) is 3.91. The van der Waals surface area contributed by atoms with E-state index in [1.807, 2.05) is 0 Å². The summed E-state index contributed by atoms with van der Waals surface area (Å²) in [4.78, 5) is 10.6. The first-order chi connectivity index (χ1) is 7.54. The van der Waals surface area contributed by atoms with Gasteiger partial charge in [-0.25, -0.2) is 9.18 Å². The Morgan fingerprint density at radius 1 is 1.56 bits per heavy atom. The SMILES string of the molecule is O=C(O)C(CCF)Oc1ccc(Br)cc1F. The Morgan fingerprint density at radius 2 is 2.25 bits per heavy atom. The molecule has 6 heteroatoms. The van der Waals surface area contributed by atoms with Gasteiger partial charge in [0.05, 0.1) is 6.67 Å². The van der Waals surface area contributed by atoms with Gasteiger partial charge in [0.15, 0.2) is 17.7 Å². The number of hydrogen-bond acceptors (Lipinski definition) is 2. The van der Waals surface area contributed by atoms with Crippen LogP contribution in [0.5, 0.6) is 5.75 Å². The molecule has 1 rings (SSSR count). The van der Waals surface area contributed by atoms with Gasteiger partial charge >= 0.3 is 5.97 Å². The maximum Gasteiger partial charge on any atom is 0.344 e. The highest BCUT2D eigenvalue weighted by atomic mass is 79.9. The predicted octanol–water partition coefficient (Wildman–Crippen LogP) is 2.78. The normalized spacial score (nSPS) is 12.2. The van der Waals surface area contributed by atoms with Crippen molar-refractivity contribution in [1.82, 2.24) is 0 Å². The zero-order valence-corrected chi connectivity index (χ0v) is 9.71. The lowest BCUT2D eigenvalue weighted by Crippen LogP contribution is -2.27. The molecule has 88 valence electrons. The fraction of sp³-hybridized carbons (Fsp3) is 0.300. The van der Waals surface area contributed by atoms with Crippen molar-refractivity contribution in [3.8, 4) is 5.75 Å². The molecule has 1 atom stereocenters. The monoisotopic (exact) mass is 294 g/mol. The van der Waals surface area contributed by atoms with Crippen LogP contribution < -0.4 is 4.74 Å². The molecule has 0 heterocycles. The van der Waals surface area contributed by atoms with E-state index in [0.717, 1.165) is 6.07 Å². The topological polar surface area (TPSA) is 46.5 Å². The van der Waals surface area contributed by atoms with Crippen LogP contribution in [0.15, 0.2) is 22.7 Å². The van der Waals surface area contributed by atoms with Gasteiger partial charge in [-0.15, -0.1) is 0 Å². The van der Waals surface area contributed by atoms with Gasteiger partial charge in [-0.3, -0.25) is 4.39 Å². The summed E-state index contributed by atoms with van der Waals surface area (Å²) < 4.78 is 30.7. The minimum absolute atomic E-state index is 0.205. The van der Waals surface area contributed by atoms with E-state index in [2.05, 4.69) is 15.9 Å². The fourth-order valence-corrected chi connectivity index (χ4v) is 1.39. The van der Waals surface area contributed by atoms with E-state index in [9.17, 15) is 13.6 Å². The van der Waals surface area contributed by atoms with Crippen LogP contribution in [0.4, 0.5) is 8.78 Å². The average Bonchev–Trinajstić information content (AvgIpc) is 2.20. The van der Waals surface area contributed by atoms with Crippen LogP contribution in [-0.2, 0) is 4.79 Å². The first-order valence-corrected chi connectivity index (χ1v) is 5.24. The van der Waals surface area contributed by atoms with Gasteiger partial charge in [-0.05, 0) is 18.2 Å². The van der Waals surface area contributed by atoms with Gasteiger partial charge in [0.2, 0.25) is 0 Å². The molecule has 0 fully saturated rings. The minimum Gasteiger partial charge on any atom is -0.479 e. The number of halogens is 3. The largest absolute Gasteiger partial charge is 0.479 e. The third kappa shape index (κ3) is 3.44. The van der Waals surface area contributed by atoms with Gasteiger partial charge < -0.3 is 9.84 Å². The first kappa shape index (κ1) is 12.9. The zero-order chi connectivity index (χ0) is 12.1. The van der Waals surface area contributed by atoms with E-state index >= 15 is 0 Å². The van der Waals surface area contributed by atoms with Gasteiger partial charge in [0, 0.05) is 10.9 Å². The summed E-state index contributed by atoms with van der Waals surface area (Å²) in [6, 6.07) is 3.93. The van der Waals surface area contributed by atoms with E-state index in [4.69, 9.17) is 9.84 Å². The standard InChI is InChI=1S/C10H9BrF2O3/c11-6-1-2-8(7(13)5-6)16-9(3-4-12)10(14)15/h1-2,5,9H,3-4H2,(H,14,15). The molecule has 0 saturated carbocycles. The second-order valence-electron chi connectivity index (χ2n) is 3.00. The molecule has 0 aliphatic carbocycles. The molecule has 0 bridgehead atoms. The highest BCUT2D eigenvalue weighted by molar-refractivity contribution is 9.10. The number of carbonyl (C=O) groups is 1. The van der Waals surface area contributed by atoms with E-state index in [1.165, 1.54) is 12.1 Å². The molecule has 1 aromatic rings. The molecule has 16 heavy (non-hydrogen) atoms. The Hall–Kier alpha value is -1.17. The number of carboxylic acids is 1. The average molecular weight is 295 g/mol. The van der Waals surface area contributed by atoms with E-state index < -0.39 is 24.6 Å². The van der Waals surface area contributed by atoms with Gasteiger partial charge in [-0.2, -0.15) is 0 Å². The van der Waals surface area contributed by atoms with Crippen molar-refractivity contribution in [1.29, 1.82) is 0 Å². The van der Waals surface area contributed by atoms with Crippen molar-refractivity contribution < 1.29 is 23.4 Å². The molecule has 3 nitrogen and oxygen atoms in total. The Morgan fingerprint density at radius 3 is 2.75 bits per heavy atom. The summed E-state index contributed by atoms with van der Waals surface area (Å²) in [5, 5.41) is 8.69.